The Labute approximate surface area is 126 Å². The SMILES string of the molecule is CC(=O)CC(=O)Nc1cc(S(=O)(=O)O)c(O)c2ccccc12. The maximum atomic E-state index is 11.7. The van der Waals surface area contributed by atoms with Gasteiger partial charge in [-0.2, -0.15) is 8.42 Å². The van der Waals surface area contributed by atoms with Crippen molar-refractivity contribution < 1.29 is 27.7 Å². The standard InChI is InChI=1S/C14H13NO6S/c1-8(16)6-13(17)15-11-7-12(22(19,20)21)14(18)10-5-3-2-4-9(10)11/h2-5,7,18H,6H2,1H3,(H,15,17)(H,19,20,21). The predicted molar refractivity (Wildman–Crippen MR) is 79.4 cm³/mol. The fourth-order valence-corrected chi connectivity index (χ4v) is 2.68. The van der Waals surface area contributed by atoms with E-state index in [0.717, 1.165) is 6.07 Å². The summed E-state index contributed by atoms with van der Waals surface area (Å²) in [5.74, 6) is -1.58. The molecular formula is C14H13NO6S. The predicted octanol–water partition coefficient (Wildman–Crippen LogP) is 1.71. The Morgan fingerprint density at radius 2 is 1.77 bits per heavy atom. The minimum atomic E-state index is -4.67. The second-order valence-electron chi connectivity index (χ2n) is 4.72. The second kappa shape index (κ2) is 5.74. The maximum Gasteiger partial charge on any atom is 0.298 e. The van der Waals surface area contributed by atoms with Gasteiger partial charge in [0.25, 0.3) is 10.1 Å². The van der Waals surface area contributed by atoms with Crippen LogP contribution in [0.4, 0.5) is 5.69 Å². The quantitative estimate of drug-likeness (QED) is 0.447. The lowest BCUT2D eigenvalue weighted by Crippen LogP contribution is -2.15. The molecule has 0 aromatic heterocycles. The molecule has 0 saturated heterocycles. The van der Waals surface area contributed by atoms with Gasteiger partial charge in [0.15, 0.2) is 0 Å². The van der Waals surface area contributed by atoms with E-state index < -0.39 is 26.7 Å². The molecule has 0 aliphatic rings. The number of anilines is 1. The van der Waals surface area contributed by atoms with Crippen LogP contribution in [0, 0.1) is 0 Å². The number of nitrogens with one attached hydrogen (secondary N) is 1. The minimum absolute atomic E-state index is 0.0762. The van der Waals surface area contributed by atoms with Crippen LogP contribution in [0.3, 0.4) is 0 Å². The number of benzene rings is 2. The number of hydrogen-bond donors (Lipinski definition) is 3. The van der Waals surface area contributed by atoms with Crippen molar-refractivity contribution >= 4 is 38.3 Å². The Hall–Kier alpha value is -2.45. The third-order valence-electron chi connectivity index (χ3n) is 2.94. The van der Waals surface area contributed by atoms with Crippen molar-refractivity contribution in [1.82, 2.24) is 0 Å². The minimum Gasteiger partial charge on any atom is -0.506 e. The number of ketones is 1. The highest BCUT2D eigenvalue weighted by molar-refractivity contribution is 7.86. The molecule has 0 heterocycles. The number of phenols is 1. The first-order valence-corrected chi connectivity index (χ1v) is 7.65. The Morgan fingerprint density at radius 1 is 1.18 bits per heavy atom. The van der Waals surface area contributed by atoms with E-state index in [1.54, 1.807) is 18.2 Å². The highest BCUT2D eigenvalue weighted by Crippen LogP contribution is 2.36. The third-order valence-corrected chi connectivity index (χ3v) is 3.81. The molecule has 2 aromatic rings. The van der Waals surface area contributed by atoms with Gasteiger partial charge in [0.05, 0.1) is 12.1 Å². The number of amides is 1. The van der Waals surface area contributed by atoms with Crippen LogP contribution in [0.1, 0.15) is 13.3 Å². The van der Waals surface area contributed by atoms with Crippen LogP contribution in [0.25, 0.3) is 10.8 Å². The van der Waals surface area contributed by atoms with Gasteiger partial charge < -0.3 is 10.4 Å². The molecule has 0 fully saturated rings. The lowest BCUT2D eigenvalue weighted by atomic mass is 10.1. The number of aromatic hydroxyl groups is 1. The zero-order chi connectivity index (χ0) is 16.5. The smallest absolute Gasteiger partial charge is 0.298 e. The van der Waals surface area contributed by atoms with Crippen LogP contribution in [0.5, 0.6) is 5.75 Å². The fourth-order valence-electron chi connectivity index (χ4n) is 2.05. The number of fused-ring (bicyclic) bond motifs is 1. The van der Waals surface area contributed by atoms with Crippen LogP contribution >= 0.6 is 0 Å². The molecule has 8 heteroatoms. The van der Waals surface area contributed by atoms with Crippen LogP contribution in [-0.2, 0) is 19.7 Å². The number of carbonyl (C=O) groups is 2. The number of hydrogen-bond acceptors (Lipinski definition) is 5. The van der Waals surface area contributed by atoms with Gasteiger partial charge in [-0.1, -0.05) is 24.3 Å². The lowest BCUT2D eigenvalue weighted by Gasteiger charge is -2.12. The molecule has 0 unspecified atom stereocenters. The van der Waals surface area contributed by atoms with Gasteiger partial charge in [0, 0.05) is 10.8 Å². The van der Waals surface area contributed by atoms with Crippen LogP contribution < -0.4 is 5.32 Å². The van der Waals surface area contributed by atoms with Gasteiger partial charge >= 0.3 is 0 Å². The molecule has 0 spiro atoms. The maximum absolute atomic E-state index is 11.7. The summed E-state index contributed by atoms with van der Waals surface area (Å²) >= 11 is 0. The molecule has 2 rings (SSSR count). The van der Waals surface area contributed by atoms with Gasteiger partial charge in [-0.05, 0) is 13.0 Å². The van der Waals surface area contributed by atoms with E-state index in [2.05, 4.69) is 5.32 Å². The van der Waals surface area contributed by atoms with Gasteiger partial charge in [-0.25, -0.2) is 0 Å². The highest BCUT2D eigenvalue weighted by atomic mass is 32.2. The Bertz CT molecular complexity index is 872. The molecule has 116 valence electrons. The highest BCUT2D eigenvalue weighted by Gasteiger charge is 2.21. The largest absolute Gasteiger partial charge is 0.506 e. The van der Waals surface area contributed by atoms with Crippen molar-refractivity contribution in [3.05, 3.63) is 30.3 Å². The molecule has 0 saturated carbocycles. The lowest BCUT2D eigenvalue weighted by molar-refractivity contribution is -0.124. The summed E-state index contributed by atoms with van der Waals surface area (Å²) in [4.78, 5) is 21.9. The van der Waals surface area contributed by atoms with Gasteiger partial charge in [0.2, 0.25) is 5.91 Å². The second-order valence-corrected chi connectivity index (χ2v) is 6.11. The molecule has 0 aliphatic heterocycles. The van der Waals surface area contributed by atoms with E-state index in [9.17, 15) is 27.7 Å². The van der Waals surface area contributed by atoms with E-state index in [1.165, 1.54) is 13.0 Å². The Balaban J connectivity index is 2.65. The average Bonchev–Trinajstić information content (AvgIpc) is 2.40. The van der Waals surface area contributed by atoms with E-state index in [1.807, 2.05) is 0 Å². The van der Waals surface area contributed by atoms with Crippen LogP contribution in [0.2, 0.25) is 0 Å². The summed E-state index contributed by atoms with van der Waals surface area (Å²) in [6.45, 7) is 1.25. The third kappa shape index (κ3) is 3.23. The van der Waals surface area contributed by atoms with Crippen molar-refractivity contribution in [3.63, 3.8) is 0 Å². The molecule has 2 aromatic carbocycles. The summed E-state index contributed by atoms with van der Waals surface area (Å²) in [6.07, 6.45) is -0.365. The van der Waals surface area contributed by atoms with Crippen molar-refractivity contribution in [2.45, 2.75) is 18.2 Å². The Morgan fingerprint density at radius 3 is 2.32 bits per heavy atom. The molecular weight excluding hydrogens is 310 g/mol. The fraction of sp³-hybridized carbons (Fsp3) is 0.143. The molecule has 0 aliphatic carbocycles. The van der Waals surface area contributed by atoms with Gasteiger partial charge in [0.1, 0.15) is 16.4 Å². The number of carbonyl (C=O) groups excluding carboxylic acids is 2. The molecule has 0 bridgehead atoms. The molecule has 0 atom stereocenters. The molecule has 1 amide bonds. The number of rotatable bonds is 4. The first-order valence-electron chi connectivity index (χ1n) is 6.21. The number of phenolic OH excluding ortho intramolecular Hbond substituents is 1. The van der Waals surface area contributed by atoms with E-state index in [4.69, 9.17) is 0 Å². The topological polar surface area (TPSA) is 121 Å². The molecule has 7 nitrogen and oxygen atoms in total. The summed E-state index contributed by atoms with van der Waals surface area (Å²) in [5, 5.41) is 12.9. The Kier molecular flexibility index (Phi) is 4.16. The first kappa shape index (κ1) is 15.9. The average molecular weight is 323 g/mol. The van der Waals surface area contributed by atoms with Crippen molar-refractivity contribution in [3.8, 4) is 5.75 Å². The van der Waals surface area contributed by atoms with Gasteiger partial charge in [-0.3, -0.25) is 14.1 Å². The normalized spacial score (nSPS) is 11.4. The molecule has 3 N–H and O–H groups in total. The van der Waals surface area contributed by atoms with E-state index >= 15 is 0 Å². The monoisotopic (exact) mass is 323 g/mol. The van der Waals surface area contributed by atoms with Gasteiger partial charge in [-0.15, -0.1) is 0 Å². The summed E-state index contributed by atoms with van der Waals surface area (Å²) in [5.41, 5.74) is 0.0762. The first-order chi connectivity index (χ1) is 10.2. The van der Waals surface area contributed by atoms with E-state index in [-0.39, 0.29) is 23.3 Å². The van der Waals surface area contributed by atoms with Crippen molar-refractivity contribution in [2.24, 2.45) is 0 Å². The summed E-state index contributed by atoms with van der Waals surface area (Å²) < 4.78 is 31.9. The zero-order valence-corrected chi connectivity index (χ0v) is 12.3. The van der Waals surface area contributed by atoms with E-state index in [0.29, 0.717) is 5.39 Å². The molecule has 22 heavy (non-hydrogen) atoms. The summed E-state index contributed by atoms with van der Waals surface area (Å²) in [7, 11) is -4.67. The molecule has 0 radical (unpaired) electrons. The van der Waals surface area contributed by atoms with Crippen molar-refractivity contribution in [2.75, 3.05) is 5.32 Å². The summed E-state index contributed by atoms with van der Waals surface area (Å²) in [6, 6.07) is 7.16. The zero-order valence-electron chi connectivity index (χ0n) is 11.5. The number of Topliss-reactive ketones (excluding diaryl/α,β-unsaturated/α-hetero) is 1. The van der Waals surface area contributed by atoms with Crippen LogP contribution in [-0.4, -0.2) is 29.8 Å². The van der Waals surface area contributed by atoms with Crippen LogP contribution in [0.15, 0.2) is 35.2 Å². The van der Waals surface area contributed by atoms with Crippen molar-refractivity contribution in [1.29, 1.82) is 0 Å².